The molecule has 1 N–H and O–H groups in total. The molecule has 0 unspecified atom stereocenters. The average molecular weight is 545 g/mol. The van der Waals surface area contributed by atoms with Crippen molar-refractivity contribution in [1.29, 1.82) is 0 Å². The SMILES string of the molecule is Cc1c(-c2[nH]c3ccc(N4C[C@@H](C)N(C(=O)CN(C)C(C)(C)C)[C@H](C)C4)nc3c2C(C)C)cn2ncnc2c1C. The molecule has 214 valence electrons. The Morgan fingerprint density at radius 2 is 1.80 bits per heavy atom. The van der Waals surface area contributed by atoms with Crippen LogP contribution in [0.4, 0.5) is 5.82 Å². The molecule has 4 aromatic heterocycles. The van der Waals surface area contributed by atoms with Crippen LogP contribution in [0.1, 0.15) is 71.1 Å². The molecule has 1 aliphatic rings. The van der Waals surface area contributed by atoms with E-state index in [1.807, 2.05) is 11.6 Å². The second kappa shape index (κ2) is 10.2. The molecule has 0 radical (unpaired) electrons. The first-order valence-electron chi connectivity index (χ1n) is 14.4. The number of hydrogen-bond donors (Lipinski definition) is 1. The summed E-state index contributed by atoms with van der Waals surface area (Å²) in [6, 6.07) is 4.44. The molecule has 9 nitrogen and oxygen atoms in total. The van der Waals surface area contributed by atoms with Gasteiger partial charge in [-0.15, -0.1) is 0 Å². The number of anilines is 1. The zero-order valence-electron chi connectivity index (χ0n) is 25.7. The fourth-order valence-electron chi connectivity index (χ4n) is 6.00. The number of rotatable bonds is 5. The van der Waals surface area contributed by atoms with Crippen LogP contribution in [-0.4, -0.2) is 84.6 Å². The van der Waals surface area contributed by atoms with Gasteiger partial charge in [0.05, 0.1) is 23.3 Å². The van der Waals surface area contributed by atoms with E-state index >= 15 is 0 Å². The van der Waals surface area contributed by atoms with E-state index in [1.54, 1.807) is 6.33 Å². The summed E-state index contributed by atoms with van der Waals surface area (Å²) in [5.41, 5.74) is 8.60. The Balaban J connectivity index is 1.47. The minimum Gasteiger partial charge on any atom is -0.353 e. The lowest BCUT2D eigenvalue weighted by atomic mass is 9.95. The topological polar surface area (TPSA) is 85.7 Å². The van der Waals surface area contributed by atoms with Crippen LogP contribution in [0.25, 0.3) is 27.9 Å². The summed E-state index contributed by atoms with van der Waals surface area (Å²) in [6.45, 7) is 21.3. The Kier molecular flexibility index (Phi) is 7.15. The van der Waals surface area contributed by atoms with Gasteiger partial charge in [0.1, 0.15) is 12.1 Å². The fraction of sp³-hybridized carbons (Fsp3) is 0.548. The second-order valence-corrected chi connectivity index (χ2v) is 12.9. The van der Waals surface area contributed by atoms with Crippen LogP contribution in [0.3, 0.4) is 0 Å². The lowest BCUT2D eigenvalue weighted by Gasteiger charge is -2.46. The van der Waals surface area contributed by atoms with Gasteiger partial charge in [0.15, 0.2) is 5.65 Å². The summed E-state index contributed by atoms with van der Waals surface area (Å²) in [6.07, 6.45) is 3.67. The molecule has 0 spiro atoms. The Morgan fingerprint density at radius 1 is 1.12 bits per heavy atom. The molecule has 0 bridgehead atoms. The van der Waals surface area contributed by atoms with Gasteiger partial charge < -0.3 is 14.8 Å². The Hall–Kier alpha value is -3.46. The normalized spacial score (nSPS) is 18.6. The number of carbonyl (C=O) groups excluding carboxylic acids is 1. The fourth-order valence-corrected chi connectivity index (χ4v) is 6.00. The van der Waals surface area contributed by atoms with E-state index in [9.17, 15) is 4.79 Å². The van der Waals surface area contributed by atoms with Crippen LogP contribution >= 0.6 is 0 Å². The van der Waals surface area contributed by atoms with Crippen LogP contribution in [0, 0.1) is 13.8 Å². The molecule has 1 aliphatic heterocycles. The molecule has 9 heteroatoms. The average Bonchev–Trinajstić information content (AvgIpc) is 3.49. The molecule has 2 atom stereocenters. The van der Waals surface area contributed by atoms with Crippen LogP contribution in [0.5, 0.6) is 0 Å². The van der Waals surface area contributed by atoms with E-state index in [-0.39, 0.29) is 29.4 Å². The van der Waals surface area contributed by atoms with Crippen LogP contribution in [-0.2, 0) is 4.79 Å². The van der Waals surface area contributed by atoms with Crippen molar-refractivity contribution in [3.05, 3.63) is 41.3 Å². The molecule has 1 saturated heterocycles. The summed E-state index contributed by atoms with van der Waals surface area (Å²) >= 11 is 0. The van der Waals surface area contributed by atoms with Gasteiger partial charge >= 0.3 is 0 Å². The molecular formula is C31H44N8O. The quantitative estimate of drug-likeness (QED) is 0.373. The Labute approximate surface area is 237 Å². The van der Waals surface area contributed by atoms with Gasteiger partial charge in [-0.05, 0) is 84.7 Å². The molecule has 1 fully saturated rings. The summed E-state index contributed by atoms with van der Waals surface area (Å²) in [7, 11) is 2.02. The number of aromatic nitrogens is 5. The van der Waals surface area contributed by atoms with Crippen molar-refractivity contribution in [2.75, 3.05) is 31.6 Å². The molecule has 5 heterocycles. The number of carbonyl (C=O) groups is 1. The highest BCUT2D eigenvalue weighted by Crippen LogP contribution is 2.38. The van der Waals surface area contributed by atoms with Crippen LogP contribution in [0.15, 0.2) is 24.7 Å². The number of aromatic amines is 1. The third-order valence-electron chi connectivity index (χ3n) is 8.69. The van der Waals surface area contributed by atoms with E-state index in [1.165, 1.54) is 11.1 Å². The van der Waals surface area contributed by atoms with Crippen molar-refractivity contribution in [2.45, 2.75) is 85.9 Å². The Bertz CT molecular complexity index is 1550. The van der Waals surface area contributed by atoms with Gasteiger partial charge in [0, 0.05) is 48.0 Å². The number of pyridine rings is 2. The van der Waals surface area contributed by atoms with Crippen molar-refractivity contribution < 1.29 is 4.79 Å². The largest absolute Gasteiger partial charge is 0.353 e. The van der Waals surface area contributed by atoms with Gasteiger partial charge in [0.25, 0.3) is 0 Å². The number of amides is 1. The van der Waals surface area contributed by atoms with Crippen molar-refractivity contribution in [3.8, 4) is 11.3 Å². The lowest BCUT2D eigenvalue weighted by Crippen LogP contribution is -2.61. The van der Waals surface area contributed by atoms with Crippen LogP contribution in [0.2, 0.25) is 0 Å². The molecule has 0 aliphatic carbocycles. The zero-order chi connectivity index (χ0) is 29.1. The summed E-state index contributed by atoms with van der Waals surface area (Å²) in [4.78, 5) is 33.2. The summed E-state index contributed by atoms with van der Waals surface area (Å²) < 4.78 is 1.86. The number of fused-ring (bicyclic) bond motifs is 2. The number of nitrogens with zero attached hydrogens (tertiary/aromatic N) is 7. The van der Waals surface area contributed by atoms with Gasteiger partial charge in [-0.3, -0.25) is 9.69 Å². The first kappa shape index (κ1) is 28.1. The number of likely N-dealkylation sites (N-methyl/N-ethyl adjacent to an activating group) is 1. The highest BCUT2D eigenvalue weighted by molar-refractivity contribution is 5.90. The lowest BCUT2D eigenvalue weighted by molar-refractivity contribution is -0.138. The van der Waals surface area contributed by atoms with E-state index in [0.29, 0.717) is 6.54 Å². The molecule has 4 aromatic rings. The third-order valence-corrected chi connectivity index (χ3v) is 8.69. The molecule has 40 heavy (non-hydrogen) atoms. The van der Waals surface area contributed by atoms with E-state index in [4.69, 9.17) is 4.98 Å². The van der Waals surface area contributed by atoms with Gasteiger partial charge in [0.2, 0.25) is 5.91 Å². The van der Waals surface area contributed by atoms with E-state index in [0.717, 1.165) is 52.4 Å². The number of hydrogen-bond acceptors (Lipinski definition) is 6. The minimum atomic E-state index is -0.0505. The first-order chi connectivity index (χ1) is 18.8. The first-order valence-corrected chi connectivity index (χ1v) is 14.4. The number of piperazine rings is 1. The molecule has 1 amide bonds. The number of H-pyrrole nitrogens is 1. The Morgan fingerprint density at radius 3 is 2.42 bits per heavy atom. The van der Waals surface area contributed by atoms with Gasteiger partial charge in [-0.25, -0.2) is 14.5 Å². The summed E-state index contributed by atoms with van der Waals surface area (Å²) in [5, 5.41) is 4.41. The predicted octanol–water partition coefficient (Wildman–Crippen LogP) is 5.17. The van der Waals surface area contributed by atoms with Gasteiger partial charge in [-0.1, -0.05) is 13.8 Å². The van der Waals surface area contributed by atoms with Crippen molar-refractivity contribution >= 4 is 28.4 Å². The molecule has 0 saturated carbocycles. The highest BCUT2D eigenvalue weighted by Gasteiger charge is 2.35. The number of nitrogens with one attached hydrogen (secondary N) is 1. The molecule has 0 aromatic carbocycles. The van der Waals surface area contributed by atoms with Gasteiger partial charge in [-0.2, -0.15) is 5.10 Å². The second-order valence-electron chi connectivity index (χ2n) is 12.9. The highest BCUT2D eigenvalue weighted by atomic mass is 16.2. The minimum absolute atomic E-state index is 0.0505. The van der Waals surface area contributed by atoms with Crippen molar-refractivity contribution in [3.63, 3.8) is 0 Å². The predicted molar refractivity (Wildman–Crippen MR) is 162 cm³/mol. The van der Waals surface area contributed by atoms with E-state index < -0.39 is 0 Å². The monoisotopic (exact) mass is 544 g/mol. The summed E-state index contributed by atoms with van der Waals surface area (Å²) in [5.74, 6) is 1.41. The molecule has 5 rings (SSSR count). The maximum atomic E-state index is 13.3. The standard InChI is InChI=1S/C31H44N8O/c1-18(2)27-28(23-15-38-30(32-17-33-38)22(6)21(23)5)34-24-11-12-25(35-29(24)27)37-13-19(3)39(20(4)14-37)26(40)16-36(10)31(7,8)9/h11-12,15,17-20,34H,13-14,16H2,1-10H3/t19-,20-/m1/s1. The smallest absolute Gasteiger partial charge is 0.237 e. The maximum absolute atomic E-state index is 13.3. The van der Waals surface area contributed by atoms with Crippen molar-refractivity contribution in [1.82, 2.24) is 34.4 Å². The van der Waals surface area contributed by atoms with Crippen molar-refractivity contribution in [2.24, 2.45) is 0 Å². The number of aryl methyl sites for hydroxylation is 1. The third kappa shape index (κ3) is 4.85. The maximum Gasteiger partial charge on any atom is 0.237 e. The molecular weight excluding hydrogens is 500 g/mol. The van der Waals surface area contributed by atoms with E-state index in [2.05, 4.69) is 110 Å². The zero-order valence-corrected chi connectivity index (χ0v) is 25.7. The van der Waals surface area contributed by atoms with Crippen LogP contribution < -0.4 is 4.90 Å².